The van der Waals surface area contributed by atoms with E-state index in [0.717, 1.165) is 19.4 Å². The van der Waals surface area contributed by atoms with E-state index in [1.54, 1.807) is 0 Å². The van der Waals surface area contributed by atoms with E-state index in [9.17, 15) is 0 Å². The van der Waals surface area contributed by atoms with Crippen LogP contribution in [0.1, 0.15) is 74.7 Å². The van der Waals surface area contributed by atoms with Crippen molar-refractivity contribution in [2.75, 3.05) is 6.61 Å². The van der Waals surface area contributed by atoms with E-state index in [2.05, 4.69) is 67.2 Å². The summed E-state index contributed by atoms with van der Waals surface area (Å²) < 4.78 is 12.4. The standard InChI is InChI=1S/C19H36O2Si/c1-15(2)22(16(3)4,17(5)6)21-19(7,8)13-9-11-18-12-10-14-20-18/h15-18H,10-12,14H2,1-8H3. The third kappa shape index (κ3) is 4.85. The van der Waals surface area contributed by atoms with Crippen molar-refractivity contribution in [1.82, 2.24) is 0 Å². The van der Waals surface area contributed by atoms with Gasteiger partial charge in [-0.25, -0.2) is 0 Å². The Bertz CT molecular complexity index is 374. The predicted molar refractivity (Wildman–Crippen MR) is 97.6 cm³/mol. The Kier molecular flexibility index (Phi) is 7.17. The maximum atomic E-state index is 6.80. The van der Waals surface area contributed by atoms with Crippen LogP contribution in [0.15, 0.2) is 0 Å². The van der Waals surface area contributed by atoms with E-state index in [0.29, 0.717) is 22.7 Å². The smallest absolute Gasteiger partial charge is 0.202 e. The Balaban J connectivity index is 2.83. The van der Waals surface area contributed by atoms with Gasteiger partial charge in [0.05, 0.1) is 6.10 Å². The van der Waals surface area contributed by atoms with Crippen LogP contribution in [0.3, 0.4) is 0 Å². The first kappa shape index (κ1) is 19.7. The van der Waals surface area contributed by atoms with E-state index < -0.39 is 8.32 Å². The van der Waals surface area contributed by atoms with Crippen LogP contribution in [-0.4, -0.2) is 26.6 Å². The molecule has 0 aromatic rings. The molecule has 1 heterocycles. The summed E-state index contributed by atoms with van der Waals surface area (Å²) in [6, 6.07) is 0. The zero-order valence-electron chi connectivity index (χ0n) is 16.0. The lowest BCUT2D eigenvalue weighted by Gasteiger charge is -2.46. The third-order valence-electron chi connectivity index (χ3n) is 4.88. The van der Waals surface area contributed by atoms with Gasteiger partial charge in [-0.15, -0.1) is 0 Å². The van der Waals surface area contributed by atoms with Gasteiger partial charge in [0, 0.05) is 13.0 Å². The molecule has 22 heavy (non-hydrogen) atoms. The van der Waals surface area contributed by atoms with Crippen LogP contribution in [0.2, 0.25) is 16.6 Å². The van der Waals surface area contributed by atoms with Gasteiger partial charge in [0.2, 0.25) is 8.32 Å². The van der Waals surface area contributed by atoms with Gasteiger partial charge in [0.25, 0.3) is 0 Å². The van der Waals surface area contributed by atoms with E-state index in [1.807, 2.05) is 0 Å². The number of hydrogen-bond acceptors (Lipinski definition) is 2. The SMILES string of the molecule is CC(C)[Si](OC(C)(C)C#CCC1CCCO1)(C(C)C)C(C)C. The molecule has 1 unspecified atom stereocenters. The van der Waals surface area contributed by atoms with Crippen molar-refractivity contribution in [2.24, 2.45) is 0 Å². The maximum Gasteiger partial charge on any atom is 0.202 e. The lowest BCUT2D eigenvalue weighted by atomic mass is 10.1. The largest absolute Gasteiger partial charge is 0.400 e. The molecule has 128 valence electrons. The van der Waals surface area contributed by atoms with Crippen LogP contribution in [0.25, 0.3) is 0 Å². The highest BCUT2D eigenvalue weighted by atomic mass is 28.4. The lowest BCUT2D eigenvalue weighted by molar-refractivity contribution is 0.114. The number of hydrogen-bond donors (Lipinski definition) is 0. The maximum absolute atomic E-state index is 6.80. The fourth-order valence-electron chi connectivity index (χ4n) is 4.00. The minimum Gasteiger partial charge on any atom is -0.400 e. The monoisotopic (exact) mass is 324 g/mol. The third-order valence-corrected chi connectivity index (χ3v) is 11.2. The highest BCUT2D eigenvalue weighted by Gasteiger charge is 2.48. The molecular weight excluding hydrogens is 288 g/mol. The minimum atomic E-state index is -1.88. The highest BCUT2D eigenvalue weighted by molar-refractivity contribution is 6.77. The molecule has 1 fully saturated rings. The summed E-state index contributed by atoms with van der Waals surface area (Å²) in [5, 5.41) is 0. The molecule has 0 radical (unpaired) electrons. The quantitative estimate of drug-likeness (QED) is 0.472. The summed E-state index contributed by atoms with van der Waals surface area (Å²) in [6.07, 6.45) is 3.51. The molecule has 1 aliphatic rings. The summed E-state index contributed by atoms with van der Waals surface area (Å²) in [5.41, 5.74) is 1.40. The van der Waals surface area contributed by atoms with Crippen molar-refractivity contribution >= 4 is 8.32 Å². The first-order valence-electron chi connectivity index (χ1n) is 8.93. The van der Waals surface area contributed by atoms with Crippen molar-refractivity contribution in [3.05, 3.63) is 0 Å². The first-order valence-corrected chi connectivity index (χ1v) is 11.1. The molecule has 0 saturated carbocycles. The topological polar surface area (TPSA) is 18.5 Å². The molecule has 0 aromatic heterocycles. The van der Waals surface area contributed by atoms with E-state index in [-0.39, 0.29) is 5.60 Å². The van der Waals surface area contributed by atoms with Crippen LogP contribution >= 0.6 is 0 Å². The fourth-order valence-corrected chi connectivity index (χ4v) is 9.65. The first-order chi connectivity index (χ1) is 10.1. The van der Waals surface area contributed by atoms with Gasteiger partial charge in [0.1, 0.15) is 5.60 Å². The zero-order valence-corrected chi connectivity index (χ0v) is 17.0. The second kappa shape index (κ2) is 7.99. The van der Waals surface area contributed by atoms with Crippen LogP contribution < -0.4 is 0 Å². The van der Waals surface area contributed by atoms with Crippen molar-refractivity contribution in [3.8, 4) is 11.8 Å². The van der Waals surface area contributed by atoms with Gasteiger partial charge >= 0.3 is 0 Å². The van der Waals surface area contributed by atoms with Gasteiger partial charge in [-0.3, -0.25) is 0 Å². The minimum absolute atomic E-state index is 0.339. The Morgan fingerprint density at radius 1 is 1.09 bits per heavy atom. The Labute approximate surface area is 139 Å². The summed E-state index contributed by atoms with van der Waals surface area (Å²) in [7, 11) is -1.88. The Morgan fingerprint density at radius 2 is 1.64 bits per heavy atom. The van der Waals surface area contributed by atoms with Crippen molar-refractivity contribution < 1.29 is 9.16 Å². The van der Waals surface area contributed by atoms with Gasteiger partial charge in [0.15, 0.2) is 0 Å². The molecular formula is C19H36O2Si. The van der Waals surface area contributed by atoms with Crippen molar-refractivity contribution in [3.63, 3.8) is 0 Å². The summed E-state index contributed by atoms with van der Waals surface area (Å²) in [6.45, 7) is 19.1. The predicted octanol–water partition coefficient (Wildman–Crippen LogP) is 5.53. The molecule has 0 aliphatic carbocycles. The van der Waals surface area contributed by atoms with Gasteiger partial charge in [-0.05, 0) is 43.3 Å². The van der Waals surface area contributed by atoms with Crippen LogP contribution in [0.5, 0.6) is 0 Å². The fraction of sp³-hybridized carbons (Fsp3) is 0.895. The second-order valence-electron chi connectivity index (χ2n) is 8.07. The van der Waals surface area contributed by atoms with Gasteiger partial charge in [-0.2, -0.15) is 0 Å². The molecule has 1 rings (SSSR count). The number of ether oxygens (including phenoxy) is 1. The van der Waals surface area contributed by atoms with Gasteiger partial charge in [-0.1, -0.05) is 53.4 Å². The molecule has 0 aromatic carbocycles. The molecule has 3 heteroatoms. The Hall–Kier alpha value is -0.303. The molecule has 2 nitrogen and oxygen atoms in total. The summed E-state index contributed by atoms with van der Waals surface area (Å²) >= 11 is 0. The average Bonchev–Trinajstić information content (AvgIpc) is 2.87. The highest BCUT2D eigenvalue weighted by Crippen LogP contribution is 2.44. The summed E-state index contributed by atoms with van der Waals surface area (Å²) in [5.74, 6) is 6.72. The van der Waals surface area contributed by atoms with Gasteiger partial charge < -0.3 is 9.16 Å². The molecule has 0 spiro atoms. The van der Waals surface area contributed by atoms with E-state index in [4.69, 9.17) is 9.16 Å². The molecule has 1 saturated heterocycles. The molecule has 1 atom stereocenters. The molecule has 0 amide bonds. The van der Waals surface area contributed by atoms with E-state index in [1.165, 1.54) is 6.42 Å². The second-order valence-corrected chi connectivity index (χ2v) is 13.4. The van der Waals surface area contributed by atoms with E-state index >= 15 is 0 Å². The normalized spacial score (nSPS) is 19.9. The lowest BCUT2D eigenvalue weighted by Crippen LogP contribution is -2.52. The van der Waals surface area contributed by atoms with Crippen LogP contribution in [0, 0.1) is 11.8 Å². The Morgan fingerprint density at radius 3 is 2.05 bits per heavy atom. The molecule has 0 bridgehead atoms. The summed E-state index contributed by atoms with van der Waals surface area (Å²) in [4.78, 5) is 0. The molecule has 1 aliphatic heterocycles. The van der Waals surface area contributed by atoms with Crippen LogP contribution in [-0.2, 0) is 9.16 Å². The average molecular weight is 325 g/mol. The zero-order chi connectivity index (χ0) is 17.0. The van der Waals surface area contributed by atoms with Crippen molar-refractivity contribution in [1.29, 1.82) is 0 Å². The van der Waals surface area contributed by atoms with Crippen molar-refractivity contribution in [2.45, 2.75) is 103 Å². The molecule has 0 N–H and O–H groups in total. The number of rotatable bonds is 6. The van der Waals surface area contributed by atoms with Crippen LogP contribution in [0.4, 0.5) is 0 Å².